The predicted octanol–water partition coefficient (Wildman–Crippen LogP) is 4.09. The number of hydrogen-bond acceptors (Lipinski definition) is 3. The van der Waals surface area contributed by atoms with E-state index < -0.39 is 0 Å². The Morgan fingerprint density at radius 3 is 1.97 bits per heavy atom. The topological polar surface area (TPSA) is 79.5 Å². The SMILES string of the molecule is COc1ccc(CNC(=O)Nc2ccc(C(=O)NCc3ccc(F)cc3)cc2)cc1. The summed E-state index contributed by atoms with van der Waals surface area (Å²) in [6.07, 6.45) is 0. The fraction of sp³-hybridized carbons (Fsp3) is 0.130. The molecule has 0 bridgehead atoms. The molecule has 30 heavy (non-hydrogen) atoms. The summed E-state index contributed by atoms with van der Waals surface area (Å²) in [4.78, 5) is 24.3. The Bertz CT molecular complexity index is 988. The van der Waals surface area contributed by atoms with Crippen molar-refractivity contribution in [1.82, 2.24) is 10.6 Å². The lowest BCUT2D eigenvalue weighted by Crippen LogP contribution is -2.28. The fourth-order valence-electron chi connectivity index (χ4n) is 2.69. The van der Waals surface area contributed by atoms with Gasteiger partial charge in [-0.05, 0) is 59.7 Å². The standard InChI is InChI=1S/C23H22FN3O3/c1-30-21-12-4-17(5-13-21)15-26-23(29)27-20-10-6-18(7-11-20)22(28)25-14-16-2-8-19(24)9-3-16/h2-13H,14-15H2,1H3,(H,25,28)(H2,26,27,29). The van der Waals surface area contributed by atoms with Crippen LogP contribution in [0.15, 0.2) is 72.8 Å². The maximum atomic E-state index is 12.9. The monoisotopic (exact) mass is 407 g/mol. The summed E-state index contributed by atoms with van der Waals surface area (Å²) in [7, 11) is 1.60. The third-order valence-corrected chi connectivity index (χ3v) is 4.38. The van der Waals surface area contributed by atoms with Gasteiger partial charge in [0.1, 0.15) is 11.6 Å². The molecule has 0 spiro atoms. The first-order valence-electron chi connectivity index (χ1n) is 9.34. The maximum Gasteiger partial charge on any atom is 0.319 e. The zero-order chi connectivity index (χ0) is 21.3. The normalized spacial score (nSPS) is 10.2. The summed E-state index contributed by atoms with van der Waals surface area (Å²) in [5.41, 5.74) is 2.77. The molecule has 3 N–H and O–H groups in total. The number of benzene rings is 3. The second-order valence-corrected chi connectivity index (χ2v) is 6.54. The van der Waals surface area contributed by atoms with Crippen molar-refractivity contribution in [3.8, 4) is 5.75 Å². The van der Waals surface area contributed by atoms with Crippen molar-refractivity contribution in [1.29, 1.82) is 0 Å². The molecule has 154 valence electrons. The van der Waals surface area contributed by atoms with Crippen molar-refractivity contribution in [3.63, 3.8) is 0 Å². The highest BCUT2D eigenvalue weighted by Crippen LogP contribution is 2.12. The van der Waals surface area contributed by atoms with E-state index in [0.29, 0.717) is 24.3 Å². The van der Waals surface area contributed by atoms with Gasteiger partial charge in [0.25, 0.3) is 5.91 Å². The van der Waals surface area contributed by atoms with Crippen LogP contribution >= 0.6 is 0 Å². The van der Waals surface area contributed by atoms with Crippen molar-refractivity contribution in [2.24, 2.45) is 0 Å². The predicted molar refractivity (Wildman–Crippen MR) is 113 cm³/mol. The molecular weight excluding hydrogens is 385 g/mol. The zero-order valence-corrected chi connectivity index (χ0v) is 16.4. The van der Waals surface area contributed by atoms with Crippen LogP contribution in [0.25, 0.3) is 0 Å². The summed E-state index contributed by atoms with van der Waals surface area (Å²) in [5.74, 6) is 0.182. The molecular formula is C23H22FN3O3. The number of ether oxygens (including phenoxy) is 1. The molecule has 0 aliphatic carbocycles. The van der Waals surface area contributed by atoms with Gasteiger partial charge in [0.2, 0.25) is 0 Å². The minimum Gasteiger partial charge on any atom is -0.497 e. The first-order chi connectivity index (χ1) is 14.5. The molecule has 3 aromatic rings. The van der Waals surface area contributed by atoms with Crippen molar-refractivity contribution in [2.45, 2.75) is 13.1 Å². The van der Waals surface area contributed by atoms with Gasteiger partial charge >= 0.3 is 6.03 Å². The van der Waals surface area contributed by atoms with Crippen LogP contribution < -0.4 is 20.7 Å². The number of nitrogens with one attached hydrogen (secondary N) is 3. The number of rotatable bonds is 7. The highest BCUT2D eigenvalue weighted by atomic mass is 19.1. The van der Waals surface area contributed by atoms with Crippen LogP contribution in [0.4, 0.5) is 14.9 Å². The highest BCUT2D eigenvalue weighted by molar-refractivity contribution is 5.95. The average molecular weight is 407 g/mol. The van der Waals surface area contributed by atoms with E-state index in [0.717, 1.165) is 16.9 Å². The molecule has 0 unspecified atom stereocenters. The van der Waals surface area contributed by atoms with E-state index in [2.05, 4.69) is 16.0 Å². The molecule has 0 aliphatic heterocycles. The lowest BCUT2D eigenvalue weighted by Gasteiger charge is -2.09. The van der Waals surface area contributed by atoms with Crippen LogP contribution in [-0.4, -0.2) is 19.0 Å². The number of methoxy groups -OCH3 is 1. The largest absolute Gasteiger partial charge is 0.497 e. The quantitative estimate of drug-likeness (QED) is 0.552. The van der Waals surface area contributed by atoms with Gasteiger partial charge in [0, 0.05) is 24.3 Å². The Balaban J connectivity index is 1.46. The Morgan fingerprint density at radius 1 is 0.800 bits per heavy atom. The van der Waals surface area contributed by atoms with E-state index in [9.17, 15) is 14.0 Å². The minimum absolute atomic E-state index is 0.255. The smallest absolute Gasteiger partial charge is 0.319 e. The van der Waals surface area contributed by atoms with Crippen molar-refractivity contribution >= 4 is 17.6 Å². The number of carbonyl (C=O) groups is 2. The number of carbonyl (C=O) groups excluding carboxylic acids is 2. The molecule has 3 aromatic carbocycles. The lowest BCUT2D eigenvalue weighted by molar-refractivity contribution is 0.0951. The summed E-state index contributed by atoms with van der Waals surface area (Å²) in [6.45, 7) is 0.673. The second-order valence-electron chi connectivity index (χ2n) is 6.54. The van der Waals surface area contributed by atoms with Gasteiger partial charge in [-0.15, -0.1) is 0 Å². The molecule has 0 atom stereocenters. The number of anilines is 1. The molecule has 0 aliphatic rings. The Hall–Kier alpha value is -3.87. The second kappa shape index (κ2) is 10.1. The molecule has 6 nitrogen and oxygen atoms in total. The van der Waals surface area contributed by atoms with E-state index >= 15 is 0 Å². The van der Waals surface area contributed by atoms with Crippen LogP contribution in [0.3, 0.4) is 0 Å². The molecule has 3 amide bonds. The van der Waals surface area contributed by atoms with E-state index in [-0.39, 0.29) is 17.8 Å². The van der Waals surface area contributed by atoms with Gasteiger partial charge in [-0.1, -0.05) is 24.3 Å². The maximum absolute atomic E-state index is 12.9. The Labute approximate surface area is 174 Å². The van der Waals surface area contributed by atoms with Crippen LogP contribution in [0.2, 0.25) is 0 Å². The summed E-state index contributed by atoms with van der Waals surface area (Å²) >= 11 is 0. The Kier molecular flexibility index (Phi) is 7.00. The zero-order valence-electron chi connectivity index (χ0n) is 16.4. The first kappa shape index (κ1) is 20.9. The number of urea groups is 1. The van der Waals surface area contributed by atoms with Gasteiger partial charge < -0.3 is 20.7 Å². The Morgan fingerprint density at radius 2 is 1.37 bits per heavy atom. The van der Waals surface area contributed by atoms with Crippen molar-refractivity contribution < 1.29 is 18.7 Å². The highest BCUT2D eigenvalue weighted by Gasteiger charge is 2.07. The number of amides is 3. The van der Waals surface area contributed by atoms with Gasteiger partial charge in [-0.25, -0.2) is 9.18 Å². The molecule has 0 fully saturated rings. The molecule has 0 aromatic heterocycles. The van der Waals surface area contributed by atoms with E-state index in [4.69, 9.17) is 4.74 Å². The summed E-state index contributed by atoms with van der Waals surface area (Å²) < 4.78 is 18.0. The van der Waals surface area contributed by atoms with Gasteiger partial charge in [0.05, 0.1) is 7.11 Å². The molecule has 0 saturated carbocycles. The van der Waals surface area contributed by atoms with Crippen molar-refractivity contribution in [3.05, 3.63) is 95.3 Å². The molecule has 0 saturated heterocycles. The molecule has 7 heteroatoms. The van der Waals surface area contributed by atoms with Crippen LogP contribution in [-0.2, 0) is 13.1 Å². The van der Waals surface area contributed by atoms with Gasteiger partial charge in [-0.3, -0.25) is 4.79 Å². The first-order valence-corrected chi connectivity index (χ1v) is 9.34. The molecule has 0 heterocycles. The number of halogens is 1. The lowest BCUT2D eigenvalue weighted by atomic mass is 10.1. The minimum atomic E-state index is -0.348. The number of hydrogen-bond donors (Lipinski definition) is 3. The van der Waals surface area contributed by atoms with E-state index in [1.165, 1.54) is 12.1 Å². The van der Waals surface area contributed by atoms with Crippen molar-refractivity contribution in [2.75, 3.05) is 12.4 Å². The van der Waals surface area contributed by atoms with E-state index in [1.54, 1.807) is 43.5 Å². The summed E-state index contributed by atoms with van der Waals surface area (Å²) in [6, 6.07) is 19.5. The average Bonchev–Trinajstić information content (AvgIpc) is 2.78. The third-order valence-electron chi connectivity index (χ3n) is 4.38. The van der Waals surface area contributed by atoms with E-state index in [1.807, 2.05) is 24.3 Å². The van der Waals surface area contributed by atoms with Crippen LogP contribution in [0.5, 0.6) is 5.75 Å². The molecule has 0 radical (unpaired) electrons. The van der Waals surface area contributed by atoms with Gasteiger partial charge in [-0.2, -0.15) is 0 Å². The summed E-state index contributed by atoms with van der Waals surface area (Å²) in [5, 5.41) is 8.26. The van der Waals surface area contributed by atoms with Gasteiger partial charge in [0.15, 0.2) is 0 Å². The fourth-order valence-corrected chi connectivity index (χ4v) is 2.69. The molecule has 3 rings (SSSR count). The third kappa shape index (κ3) is 6.07. The van der Waals surface area contributed by atoms with Crippen LogP contribution in [0.1, 0.15) is 21.5 Å². The van der Waals surface area contributed by atoms with Crippen LogP contribution in [0, 0.1) is 5.82 Å².